The molecule has 1 fully saturated rings. The van der Waals surface area contributed by atoms with Gasteiger partial charge < -0.3 is 14.2 Å². The van der Waals surface area contributed by atoms with Crippen molar-refractivity contribution in [2.75, 3.05) is 6.61 Å². The quantitative estimate of drug-likeness (QED) is 0.605. The first-order valence-corrected chi connectivity index (χ1v) is 9.26. The molecule has 24 heavy (non-hydrogen) atoms. The smallest absolute Gasteiger partial charge is 0.338 e. The van der Waals surface area contributed by atoms with E-state index in [1.807, 2.05) is 18.2 Å². The molecular formula is C20H30O4. The maximum absolute atomic E-state index is 12.3. The molecule has 0 N–H and O–H groups in total. The van der Waals surface area contributed by atoms with E-state index in [1.54, 1.807) is 6.07 Å². The Morgan fingerprint density at radius 2 is 2.21 bits per heavy atom. The lowest BCUT2D eigenvalue weighted by Gasteiger charge is -2.22. The second kappa shape index (κ2) is 10.5. The first kappa shape index (κ1) is 18.9. The molecule has 0 spiro atoms. The average Bonchev–Trinajstić information content (AvgIpc) is 2.64. The number of hydrogen-bond acceptors (Lipinski definition) is 4. The number of carbonyl (C=O) groups excluding carboxylic acids is 1. The summed E-state index contributed by atoms with van der Waals surface area (Å²) in [5.41, 5.74) is 1.57. The largest absolute Gasteiger partial charge is 0.459 e. The van der Waals surface area contributed by atoms with Crippen molar-refractivity contribution < 1.29 is 19.0 Å². The van der Waals surface area contributed by atoms with E-state index in [0.29, 0.717) is 12.2 Å². The van der Waals surface area contributed by atoms with Gasteiger partial charge in [0.2, 0.25) is 0 Å². The zero-order valence-corrected chi connectivity index (χ0v) is 15.0. The van der Waals surface area contributed by atoms with E-state index in [0.717, 1.165) is 57.1 Å². The van der Waals surface area contributed by atoms with Crippen molar-refractivity contribution in [2.24, 2.45) is 0 Å². The van der Waals surface area contributed by atoms with Gasteiger partial charge >= 0.3 is 5.97 Å². The van der Waals surface area contributed by atoms with Crippen molar-refractivity contribution in [3.63, 3.8) is 0 Å². The van der Waals surface area contributed by atoms with Crippen LogP contribution in [0.5, 0.6) is 0 Å². The van der Waals surface area contributed by atoms with Crippen molar-refractivity contribution in [2.45, 2.75) is 77.8 Å². The summed E-state index contributed by atoms with van der Waals surface area (Å²) in [6.07, 6.45) is 7.07. The lowest BCUT2D eigenvalue weighted by atomic mass is 10.1. The zero-order valence-electron chi connectivity index (χ0n) is 15.0. The molecule has 1 aromatic carbocycles. The molecule has 0 aromatic heterocycles. The SMILES string of the molecule is CCCCC(CC)OC(=O)c1cccc(COC2CCCCO2)c1. The monoisotopic (exact) mass is 334 g/mol. The summed E-state index contributed by atoms with van der Waals surface area (Å²) in [4.78, 5) is 12.3. The highest BCUT2D eigenvalue weighted by atomic mass is 16.7. The van der Waals surface area contributed by atoms with E-state index in [-0.39, 0.29) is 18.4 Å². The molecule has 1 heterocycles. The van der Waals surface area contributed by atoms with Gasteiger partial charge in [0.25, 0.3) is 0 Å². The predicted molar refractivity (Wildman–Crippen MR) is 93.8 cm³/mol. The Hall–Kier alpha value is -1.39. The number of benzene rings is 1. The standard InChI is InChI=1S/C20H30O4/c1-3-5-11-18(4-2)24-20(21)17-10-8-9-16(14-17)15-23-19-12-6-7-13-22-19/h8-10,14,18-19H,3-7,11-13,15H2,1-2H3. The van der Waals surface area contributed by atoms with Crippen molar-refractivity contribution in [3.8, 4) is 0 Å². The van der Waals surface area contributed by atoms with Crippen LogP contribution in [0.3, 0.4) is 0 Å². The molecule has 0 saturated carbocycles. The summed E-state index contributed by atoms with van der Waals surface area (Å²) in [7, 11) is 0. The van der Waals surface area contributed by atoms with E-state index >= 15 is 0 Å². The van der Waals surface area contributed by atoms with Crippen LogP contribution in [0.25, 0.3) is 0 Å². The van der Waals surface area contributed by atoms with Gasteiger partial charge in [-0.05, 0) is 49.8 Å². The van der Waals surface area contributed by atoms with Crippen molar-refractivity contribution in [1.82, 2.24) is 0 Å². The van der Waals surface area contributed by atoms with Crippen molar-refractivity contribution in [1.29, 1.82) is 0 Å². The van der Waals surface area contributed by atoms with Gasteiger partial charge in [0.15, 0.2) is 6.29 Å². The molecule has 2 unspecified atom stereocenters. The number of rotatable bonds is 9. The summed E-state index contributed by atoms with van der Waals surface area (Å²) >= 11 is 0. The second-order valence-corrected chi connectivity index (χ2v) is 6.39. The molecule has 4 nitrogen and oxygen atoms in total. The number of ether oxygens (including phenoxy) is 3. The Balaban J connectivity index is 1.87. The average molecular weight is 334 g/mol. The molecule has 0 aliphatic carbocycles. The Morgan fingerprint density at radius 1 is 1.33 bits per heavy atom. The summed E-state index contributed by atoms with van der Waals surface area (Å²) < 4.78 is 17.0. The van der Waals surface area contributed by atoms with Crippen LogP contribution < -0.4 is 0 Å². The van der Waals surface area contributed by atoms with Crippen LogP contribution in [0.15, 0.2) is 24.3 Å². The lowest BCUT2D eigenvalue weighted by Crippen LogP contribution is -2.22. The Kier molecular flexibility index (Phi) is 8.26. The highest BCUT2D eigenvalue weighted by molar-refractivity contribution is 5.89. The topological polar surface area (TPSA) is 44.8 Å². The fourth-order valence-corrected chi connectivity index (χ4v) is 2.82. The Bertz CT molecular complexity index is 494. The first-order valence-electron chi connectivity index (χ1n) is 9.26. The molecule has 0 amide bonds. The lowest BCUT2D eigenvalue weighted by molar-refractivity contribution is -0.168. The molecule has 0 radical (unpaired) electrons. The minimum absolute atomic E-state index is 0.00740. The Morgan fingerprint density at radius 3 is 2.92 bits per heavy atom. The molecular weight excluding hydrogens is 304 g/mol. The summed E-state index contributed by atoms with van der Waals surface area (Å²) in [5.74, 6) is -0.242. The predicted octanol–water partition coefficient (Wildman–Crippen LogP) is 4.86. The van der Waals surface area contributed by atoms with Gasteiger partial charge in [-0.2, -0.15) is 0 Å². The molecule has 134 valence electrons. The molecule has 2 rings (SSSR count). The maximum Gasteiger partial charge on any atom is 0.338 e. The number of esters is 1. The number of unbranched alkanes of at least 4 members (excludes halogenated alkanes) is 1. The minimum Gasteiger partial charge on any atom is -0.459 e. The van der Waals surface area contributed by atoms with Gasteiger partial charge in [-0.3, -0.25) is 0 Å². The molecule has 1 aliphatic heterocycles. The van der Waals surface area contributed by atoms with E-state index in [9.17, 15) is 4.79 Å². The van der Waals surface area contributed by atoms with Crippen molar-refractivity contribution in [3.05, 3.63) is 35.4 Å². The molecule has 4 heteroatoms. The van der Waals surface area contributed by atoms with Crippen molar-refractivity contribution >= 4 is 5.97 Å². The molecule has 1 saturated heterocycles. The fraction of sp³-hybridized carbons (Fsp3) is 0.650. The normalized spacial score (nSPS) is 19.0. The van der Waals surface area contributed by atoms with Crippen LogP contribution in [0.4, 0.5) is 0 Å². The summed E-state index contributed by atoms with van der Waals surface area (Å²) in [6, 6.07) is 7.51. The van der Waals surface area contributed by atoms with Crippen LogP contribution in [-0.2, 0) is 20.8 Å². The summed E-state index contributed by atoms with van der Waals surface area (Å²) in [5, 5.41) is 0. The third-order valence-corrected chi connectivity index (χ3v) is 4.35. The van der Waals surface area contributed by atoms with Gasteiger partial charge in [-0.1, -0.05) is 38.8 Å². The van der Waals surface area contributed by atoms with Gasteiger partial charge in [0.05, 0.1) is 12.2 Å². The van der Waals surface area contributed by atoms with E-state index in [2.05, 4.69) is 13.8 Å². The number of hydrogen-bond donors (Lipinski definition) is 0. The van der Waals surface area contributed by atoms with Gasteiger partial charge in [0.1, 0.15) is 6.10 Å². The highest BCUT2D eigenvalue weighted by Gasteiger charge is 2.16. The second-order valence-electron chi connectivity index (χ2n) is 6.39. The first-order chi connectivity index (χ1) is 11.7. The summed E-state index contributed by atoms with van der Waals surface area (Å²) in [6.45, 7) is 5.43. The molecule has 1 aromatic rings. The van der Waals surface area contributed by atoms with Crippen LogP contribution in [0.2, 0.25) is 0 Å². The van der Waals surface area contributed by atoms with Crippen LogP contribution in [0.1, 0.15) is 74.7 Å². The van der Waals surface area contributed by atoms with E-state index in [1.165, 1.54) is 0 Å². The zero-order chi connectivity index (χ0) is 17.2. The Labute approximate surface area is 145 Å². The third-order valence-electron chi connectivity index (χ3n) is 4.35. The van der Waals surface area contributed by atoms with Gasteiger partial charge in [-0.15, -0.1) is 0 Å². The minimum atomic E-state index is -0.242. The van der Waals surface area contributed by atoms with E-state index in [4.69, 9.17) is 14.2 Å². The number of carbonyl (C=O) groups is 1. The van der Waals surface area contributed by atoms with Crippen LogP contribution in [0, 0.1) is 0 Å². The molecule has 1 aliphatic rings. The van der Waals surface area contributed by atoms with Crippen LogP contribution in [-0.4, -0.2) is 25.0 Å². The van der Waals surface area contributed by atoms with Crippen LogP contribution >= 0.6 is 0 Å². The van der Waals surface area contributed by atoms with Gasteiger partial charge in [-0.25, -0.2) is 4.79 Å². The third kappa shape index (κ3) is 6.25. The van der Waals surface area contributed by atoms with E-state index < -0.39 is 0 Å². The fourth-order valence-electron chi connectivity index (χ4n) is 2.82. The highest BCUT2D eigenvalue weighted by Crippen LogP contribution is 2.17. The molecule has 0 bridgehead atoms. The molecule has 2 atom stereocenters. The maximum atomic E-state index is 12.3. The van der Waals surface area contributed by atoms with Gasteiger partial charge in [0, 0.05) is 6.61 Å².